The van der Waals surface area contributed by atoms with E-state index in [9.17, 15) is 62.3 Å². The van der Waals surface area contributed by atoms with Crippen LogP contribution < -0.4 is 46.5 Å². The number of rotatable bonds is 26. The van der Waals surface area contributed by atoms with Crippen molar-refractivity contribution in [1.82, 2.24) is 62.4 Å². The smallest absolute Gasteiger partial charge is 0.492 e. The number of anilines is 4. The lowest BCUT2D eigenvalue weighted by molar-refractivity contribution is -0.385. The quantitative estimate of drug-likeness (QED) is 0.00732. The molecule has 0 amide bonds. The van der Waals surface area contributed by atoms with Crippen LogP contribution in [0.1, 0.15) is 35.2 Å². The number of aromatic nitrogens is 8. The molecule has 13 rings (SSSR count). The highest BCUT2D eigenvalue weighted by atomic mass is 35.7. The van der Waals surface area contributed by atoms with Crippen molar-refractivity contribution in [2.75, 3.05) is 116 Å². The fourth-order valence-corrected chi connectivity index (χ4v) is 15.7. The van der Waals surface area contributed by atoms with Crippen LogP contribution in [0.3, 0.4) is 0 Å². The number of ether oxygens (including phenoxy) is 4. The largest absolute Gasteiger partial charge is 0.497 e. The van der Waals surface area contributed by atoms with E-state index >= 15 is 0 Å². The number of nitrogen functional groups attached to an aromatic ring is 2. The number of sulfonamides is 4. The summed E-state index contributed by atoms with van der Waals surface area (Å²) in [6, 6.07) is 68.4. The second-order valence-electron chi connectivity index (χ2n) is 28.6. The molecule has 4 heterocycles. The molecule has 9 aromatic carbocycles. The molecule has 0 aliphatic rings. The molecule has 0 saturated carbocycles. The molecule has 0 spiro atoms. The number of nitro groups is 2. The Labute approximate surface area is 835 Å². The molecule has 0 fully saturated rings. The maximum atomic E-state index is 12.1. The SMILES string of the molecule is C.CN(C)S(=O)(=O)Cc1cccc(N)c1.CN(C)S(=O)(=O)Cc1cccc(N)c1.CN(C)S(=O)(=O)Cc1cccc([N+](=O)[O-])c1.CNC.COc1ccccc1-c1cc(Cl)ncn1.COc1ccccc1-c1cc(Cl)ncn1.COc1ccccc1-c1cc(Nc2cccc(CS(=O)(=O)N(C)C)c2)ncn1.COc1ccccc1B(O)O.Clc1cc(Cl)ncn1.O=[N+]([O-])c1cccc(CS(=O)(=O)Cl)c1. The molecule has 0 aliphatic carbocycles. The third-order valence-electron chi connectivity index (χ3n) is 17.4. The highest BCUT2D eigenvalue weighted by molar-refractivity contribution is 8.13. The van der Waals surface area contributed by atoms with Crippen LogP contribution in [0.2, 0.25) is 20.6 Å². The lowest BCUT2D eigenvalue weighted by Gasteiger charge is -2.13. The van der Waals surface area contributed by atoms with Crippen LogP contribution in [-0.2, 0) is 77.9 Å². The maximum Gasteiger partial charge on any atom is 0.492 e. The number of nitrogens with two attached hydrogens (primary N) is 2. The van der Waals surface area contributed by atoms with E-state index in [2.05, 4.69) is 50.5 Å². The molecule has 0 radical (unpaired) electrons. The summed E-state index contributed by atoms with van der Waals surface area (Å²) in [6.07, 6.45) is 5.66. The van der Waals surface area contributed by atoms with Gasteiger partial charge in [0, 0.05) is 155 Å². The minimum atomic E-state index is -3.67. The van der Waals surface area contributed by atoms with Crippen LogP contribution in [0.15, 0.2) is 268 Å². The Morgan fingerprint density at radius 3 is 0.942 bits per heavy atom. The van der Waals surface area contributed by atoms with E-state index in [4.69, 9.17) is 97.5 Å². The maximum absolute atomic E-state index is 12.1. The van der Waals surface area contributed by atoms with E-state index in [-0.39, 0.29) is 41.8 Å². The van der Waals surface area contributed by atoms with Gasteiger partial charge in [-0.1, -0.05) is 169 Å². The van der Waals surface area contributed by atoms with E-state index in [0.717, 1.165) is 61.0 Å². The van der Waals surface area contributed by atoms with Crippen molar-refractivity contribution >= 4 is 153 Å². The molecule has 8 N–H and O–H groups in total. The number of benzene rings is 9. The lowest BCUT2D eigenvalue weighted by Crippen LogP contribution is -2.30. The van der Waals surface area contributed by atoms with Crippen LogP contribution in [0.4, 0.5) is 34.3 Å². The molecule has 0 unspecified atom stereocenters. The lowest BCUT2D eigenvalue weighted by atomic mass is 9.80. The average Bonchev–Trinajstić information content (AvgIpc) is 0.839. The highest BCUT2D eigenvalue weighted by Gasteiger charge is 2.21. The third-order valence-corrected chi connectivity index (χ3v) is 26.5. The van der Waals surface area contributed by atoms with Gasteiger partial charge in [-0.25, -0.2) is 99.2 Å². The van der Waals surface area contributed by atoms with E-state index in [1.165, 1.54) is 150 Å². The van der Waals surface area contributed by atoms with Gasteiger partial charge in [-0.15, -0.1) is 0 Å². The van der Waals surface area contributed by atoms with Gasteiger partial charge in [-0.2, -0.15) is 0 Å². The summed E-state index contributed by atoms with van der Waals surface area (Å²) in [4.78, 5) is 51.5. The van der Waals surface area contributed by atoms with Gasteiger partial charge >= 0.3 is 7.12 Å². The zero-order valence-corrected chi connectivity index (χ0v) is 85.0. The van der Waals surface area contributed by atoms with Gasteiger partial charge in [0.1, 0.15) is 74.7 Å². The van der Waals surface area contributed by atoms with Crippen molar-refractivity contribution in [2.24, 2.45) is 0 Å². The van der Waals surface area contributed by atoms with E-state index in [1.807, 2.05) is 105 Å². The van der Waals surface area contributed by atoms with Crippen LogP contribution in [0, 0.1) is 20.2 Å². The standard InChI is InChI=1S/C20H22N4O3S.2C11H9ClN2O.C9H12N2O4S.2C9H14N2O2S.C7H9BO3.C7H6ClNO4S.C4H2Cl2N2.C2H7N.CH4/c1-24(2)28(25,26)13-15-7-6-8-16(11-15)23-20-12-18(21-14-22-20)17-9-4-5-10-19(17)27-3;2*1-15-10-5-3-2-4-8(10)9-6-11(12)14-7-13-9;1-10(2)16(14,15)7-8-4-3-5-9(6-8)11(12)13;2*1-11(2)14(12,13)7-8-4-3-5-9(10)6-8;1-11-7-5-3-2-4-6(7)8(9)10;8-14(12,13)5-6-2-1-3-7(4-6)9(10)11;5-3-1-4(6)8-2-7-3;1-3-2;/h4-12,14H,13H2,1-3H3,(H,21,22,23);2*2-7H,1H3;3-6H,7H2,1-2H3;2*3-6H,7,10H2,1-2H3;2-5,9-10H,1H3;1-4H,5H2;1-2H;3H,1-2H3;1H4. The molecule has 746 valence electrons. The molecule has 49 heteroatoms. The highest BCUT2D eigenvalue weighted by Crippen LogP contribution is 2.33. The summed E-state index contributed by atoms with van der Waals surface area (Å²) >= 11 is 22.4. The van der Waals surface area contributed by atoms with Crippen LogP contribution in [0.25, 0.3) is 33.8 Å². The molecule has 0 bridgehead atoms. The van der Waals surface area contributed by atoms with Gasteiger partial charge in [0.05, 0.1) is 84.1 Å². The first-order valence-corrected chi connectivity index (χ1v) is 50.4. The van der Waals surface area contributed by atoms with Crippen molar-refractivity contribution in [1.29, 1.82) is 0 Å². The van der Waals surface area contributed by atoms with E-state index < -0.39 is 71.9 Å². The van der Waals surface area contributed by atoms with Gasteiger partial charge in [0.25, 0.3) is 11.4 Å². The normalized spacial score (nSPS) is 10.7. The average molecular weight is 2110 g/mol. The van der Waals surface area contributed by atoms with E-state index in [1.54, 1.807) is 124 Å². The van der Waals surface area contributed by atoms with Gasteiger partial charge in [0.15, 0.2) is 0 Å². The predicted octanol–water partition coefficient (Wildman–Crippen LogP) is 14.5. The molecule has 0 atom stereocenters. The van der Waals surface area contributed by atoms with Crippen LogP contribution >= 0.6 is 57.1 Å². The predicted molar refractivity (Wildman–Crippen MR) is 550 cm³/mol. The second kappa shape index (κ2) is 60.5. The molecule has 13 aromatic rings. The molecule has 4 aromatic heterocycles. The zero-order valence-electron chi connectivity index (χ0n) is 77.1. The third kappa shape index (κ3) is 45.0. The van der Waals surface area contributed by atoms with E-state index in [0.29, 0.717) is 76.8 Å². The Morgan fingerprint density at radius 2 is 0.647 bits per heavy atom. The molecule has 0 aliphatic heterocycles. The van der Waals surface area contributed by atoms with Gasteiger partial charge in [-0.3, -0.25) is 20.2 Å². The summed E-state index contributed by atoms with van der Waals surface area (Å²) in [6.45, 7) is 0. The zero-order chi connectivity index (χ0) is 103. The number of nitrogens with one attached hydrogen (secondary N) is 2. The van der Waals surface area contributed by atoms with Gasteiger partial charge in [0.2, 0.25) is 49.1 Å². The number of hydrogen-bond acceptors (Lipinski definition) is 32. The fourth-order valence-electron chi connectivity index (χ4n) is 10.6. The molecule has 38 nitrogen and oxygen atoms in total. The minimum Gasteiger partial charge on any atom is -0.497 e. The minimum absolute atomic E-state index is 0. The number of non-ortho nitro benzene ring substituents is 2. The Bertz CT molecular complexity index is 6500. The first-order valence-electron chi connectivity index (χ1n) is 39.9. The summed E-state index contributed by atoms with van der Waals surface area (Å²) in [5.41, 5.74) is 20.9. The van der Waals surface area contributed by atoms with Gasteiger partial charge < -0.3 is 51.1 Å². The molecular weight excluding hydrogens is 2000 g/mol. The van der Waals surface area contributed by atoms with Crippen LogP contribution in [-0.4, -0.2) is 225 Å². The number of methoxy groups -OCH3 is 4. The van der Waals surface area contributed by atoms with Crippen molar-refractivity contribution < 1.29 is 80.9 Å². The Kier molecular flexibility index (Phi) is 52.6. The van der Waals surface area contributed by atoms with Crippen molar-refractivity contribution in [3.8, 4) is 56.8 Å². The number of para-hydroxylation sites is 4. The second-order valence-corrected chi connectivity index (χ2v) is 41.7. The van der Waals surface area contributed by atoms with Crippen molar-refractivity contribution in [3.05, 3.63) is 337 Å². The first-order chi connectivity index (χ1) is 65.0. The van der Waals surface area contributed by atoms with Crippen molar-refractivity contribution in [2.45, 2.75) is 36.2 Å². The number of halogens is 5. The van der Waals surface area contributed by atoms with Crippen LogP contribution in [0.5, 0.6) is 23.0 Å². The summed E-state index contributed by atoms with van der Waals surface area (Å²) in [7, 11) is 8.84. The van der Waals surface area contributed by atoms with Crippen molar-refractivity contribution in [3.63, 3.8) is 0 Å². The Hall–Kier alpha value is -12.3. The Morgan fingerprint density at radius 1 is 0.367 bits per heavy atom. The molecule has 0 saturated heterocycles. The summed E-state index contributed by atoms with van der Waals surface area (Å²) in [5.74, 6) is 2.63. The molecular formula is C90H108BCl5N18O20S5. The Balaban J connectivity index is 0.000000408. The number of hydrogen-bond donors (Lipinski definition) is 6. The first kappa shape index (κ1) is 121. The summed E-state index contributed by atoms with van der Waals surface area (Å²) < 4.78 is 140. The van der Waals surface area contributed by atoms with Gasteiger partial charge in [-0.05, 0) is 121 Å². The monoisotopic (exact) mass is 2110 g/mol. The summed E-state index contributed by atoms with van der Waals surface area (Å²) in [5, 5.41) is 46.0. The number of nitrogens with zero attached hydrogens (tertiary/aromatic N) is 14. The topological polar surface area (TPSA) is 527 Å². The number of nitro benzene ring substituents is 2. The fraction of sp³-hybridized carbons (Fsp3) is 0.222. The molecule has 139 heavy (non-hydrogen) atoms.